The van der Waals surface area contributed by atoms with Gasteiger partial charge in [0.05, 0.1) is 19.8 Å². The Labute approximate surface area is 211 Å². The van der Waals surface area contributed by atoms with Crippen LogP contribution in [0.2, 0.25) is 0 Å². The fourth-order valence-corrected chi connectivity index (χ4v) is 4.84. The number of carbonyl (C=O) groups excluding carboxylic acids is 1. The molecule has 36 heavy (non-hydrogen) atoms. The van der Waals surface area contributed by atoms with Gasteiger partial charge in [-0.25, -0.2) is 4.98 Å². The van der Waals surface area contributed by atoms with E-state index in [0.717, 1.165) is 16.8 Å². The van der Waals surface area contributed by atoms with Gasteiger partial charge in [0.1, 0.15) is 10.5 Å². The van der Waals surface area contributed by atoms with Crippen molar-refractivity contribution in [2.24, 2.45) is 0 Å². The monoisotopic (exact) mass is 506 g/mol. The molecule has 4 aromatic rings. The molecular weight excluding hydrogens is 480 g/mol. The Morgan fingerprint density at radius 2 is 1.97 bits per heavy atom. The number of morpholine rings is 1. The van der Waals surface area contributed by atoms with Crippen molar-refractivity contribution < 1.29 is 13.9 Å². The molecule has 3 aromatic heterocycles. The van der Waals surface area contributed by atoms with Gasteiger partial charge in [0.2, 0.25) is 17.3 Å². The number of ether oxygens (including phenoxy) is 1. The molecule has 4 heterocycles. The van der Waals surface area contributed by atoms with E-state index in [-0.39, 0.29) is 17.9 Å². The lowest BCUT2D eigenvalue weighted by molar-refractivity contribution is -0.119. The number of carbonyl (C=O) groups is 1. The van der Waals surface area contributed by atoms with Crippen LogP contribution in [0, 0.1) is 0 Å². The second-order valence-electron chi connectivity index (χ2n) is 8.33. The second kappa shape index (κ2) is 10.3. The number of likely N-dealkylation sites (N-methyl/N-ethyl adjacent to an activating group) is 2. The van der Waals surface area contributed by atoms with Crippen LogP contribution in [0.1, 0.15) is 0 Å². The van der Waals surface area contributed by atoms with Gasteiger partial charge in [0.25, 0.3) is 0 Å². The molecule has 1 aliphatic rings. The molecule has 1 aliphatic heterocycles. The normalized spacial score (nSPS) is 13.6. The largest absolute Gasteiger partial charge is 0.439 e. The summed E-state index contributed by atoms with van der Waals surface area (Å²) in [5, 5.41) is 7.75. The first-order valence-electron chi connectivity index (χ1n) is 11.5. The van der Waals surface area contributed by atoms with Crippen molar-refractivity contribution in [2.45, 2.75) is 0 Å². The molecule has 0 spiro atoms. The van der Waals surface area contributed by atoms with E-state index < -0.39 is 0 Å². The van der Waals surface area contributed by atoms with E-state index in [2.05, 4.69) is 20.6 Å². The minimum Gasteiger partial charge on any atom is -0.439 e. The van der Waals surface area contributed by atoms with E-state index in [1.165, 1.54) is 11.3 Å². The molecule has 2 N–H and O–H groups in total. The fourth-order valence-electron chi connectivity index (χ4n) is 3.93. The molecule has 0 saturated carbocycles. The number of anilines is 4. The number of hydrogen-bond acceptors (Lipinski definition) is 10. The van der Waals surface area contributed by atoms with E-state index in [1.807, 2.05) is 34.5 Å². The number of nitrogens with zero attached hydrogens (tertiary/aromatic N) is 4. The van der Waals surface area contributed by atoms with E-state index in [9.17, 15) is 9.59 Å². The molecule has 5 rings (SSSR count). The standard InChI is InChI=1S/C25H26N6O4S/c1-26-21(33)14-30(2)20-7-8-27-25(29-20)28-17-5-3-16(4-6-17)18-15-36-24-19(32)13-22(35-23(18)24)31-9-11-34-12-10-31/h3-8,13,15H,9-12,14H2,1-2H3,(H,26,33)(H,27,28,29). The predicted molar refractivity (Wildman–Crippen MR) is 141 cm³/mol. The summed E-state index contributed by atoms with van der Waals surface area (Å²) in [7, 11) is 3.40. The van der Waals surface area contributed by atoms with Crippen LogP contribution in [-0.2, 0) is 9.53 Å². The molecule has 11 heteroatoms. The van der Waals surface area contributed by atoms with Crippen molar-refractivity contribution in [3.63, 3.8) is 0 Å². The van der Waals surface area contributed by atoms with E-state index in [1.54, 1.807) is 37.3 Å². The lowest BCUT2D eigenvalue weighted by Gasteiger charge is -2.27. The average molecular weight is 507 g/mol. The first-order valence-corrected chi connectivity index (χ1v) is 12.4. The van der Waals surface area contributed by atoms with Crippen molar-refractivity contribution in [1.29, 1.82) is 0 Å². The number of thiophene rings is 1. The van der Waals surface area contributed by atoms with Crippen LogP contribution >= 0.6 is 11.3 Å². The van der Waals surface area contributed by atoms with Crippen LogP contribution in [0.5, 0.6) is 0 Å². The van der Waals surface area contributed by atoms with Crippen molar-refractivity contribution >= 4 is 50.9 Å². The van der Waals surface area contributed by atoms with Crippen LogP contribution in [0.25, 0.3) is 21.4 Å². The molecule has 0 aliphatic carbocycles. The smallest absolute Gasteiger partial charge is 0.239 e. The Balaban J connectivity index is 1.36. The van der Waals surface area contributed by atoms with Crippen molar-refractivity contribution in [3.05, 3.63) is 58.2 Å². The summed E-state index contributed by atoms with van der Waals surface area (Å²) in [6, 6.07) is 11.1. The molecular formula is C25H26N6O4S. The third kappa shape index (κ3) is 5.02. The number of amides is 1. The van der Waals surface area contributed by atoms with Crippen LogP contribution < -0.4 is 25.9 Å². The SMILES string of the molecule is CNC(=O)CN(C)c1ccnc(Nc2ccc(-c3csc4c(=O)cc(N5CCOCC5)oc34)cc2)n1. The summed E-state index contributed by atoms with van der Waals surface area (Å²) in [5.74, 6) is 1.52. The van der Waals surface area contributed by atoms with Gasteiger partial charge < -0.3 is 29.6 Å². The highest BCUT2D eigenvalue weighted by Crippen LogP contribution is 2.35. The third-order valence-electron chi connectivity index (χ3n) is 5.90. The van der Waals surface area contributed by atoms with Crippen molar-refractivity contribution in [1.82, 2.24) is 15.3 Å². The summed E-state index contributed by atoms with van der Waals surface area (Å²) in [5.41, 5.74) is 3.19. The van der Waals surface area contributed by atoms with Crippen LogP contribution in [0.3, 0.4) is 0 Å². The van der Waals surface area contributed by atoms with Gasteiger partial charge in [-0.3, -0.25) is 9.59 Å². The first-order chi connectivity index (χ1) is 17.5. The molecule has 1 saturated heterocycles. The highest BCUT2D eigenvalue weighted by molar-refractivity contribution is 7.17. The highest BCUT2D eigenvalue weighted by Gasteiger charge is 2.18. The predicted octanol–water partition coefficient (Wildman–Crippen LogP) is 3.07. The zero-order chi connectivity index (χ0) is 25.1. The number of hydrogen-bond donors (Lipinski definition) is 2. The number of benzene rings is 1. The van der Waals surface area contributed by atoms with Crippen LogP contribution in [0.15, 0.2) is 57.2 Å². The molecule has 0 unspecified atom stereocenters. The third-order valence-corrected chi connectivity index (χ3v) is 6.87. The lowest BCUT2D eigenvalue weighted by Crippen LogP contribution is -2.36. The Morgan fingerprint density at radius 1 is 1.19 bits per heavy atom. The van der Waals surface area contributed by atoms with Gasteiger partial charge in [-0.1, -0.05) is 12.1 Å². The maximum absolute atomic E-state index is 12.7. The Morgan fingerprint density at radius 3 is 2.72 bits per heavy atom. The van der Waals surface area contributed by atoms with Crippen LogP contribution in [-0.4, -0.2) is 62.8 Å². The number of fused-ring (bicyclic) bond motifs is 1. The minimum atomic E-state index is -0.102. The van der Waals surface area contributed by atoms with Gasteiger partial charge in [-0.05, 0) is 23.8 Å². The lowest BCUT2D eigenvalue weighted by atomic mass is 10.1. The van der Waals surface area contributed by atoms with Crippen molar-refractivity contribution in [2.75, 3.05) is 62.1 Å². The topological polar surface area (TPSA) is 113 Å². The summed E-state index contributed by atoms with van der Waals surface area (Å²) < 4.78 is 12.2. The summed E-state index contributed by atoms with van der Waals surface area (Å²) >= 11 is 1.39. The Kier molecular flexibility index (Phi) is 6.83. The molecule has 0 radical (unpaired) electrons. The van der Waals surface area contributed by atoms with Gasteiger partial charge in [0, 0.05) is 56.1 Å². The maximum Gasteiger partial charge on any atom is 0.239 e. The summed E-state index contributed by atoms with van der Waals surface area (Å²) in [6.07, 6.45) is 1.64. The Bertz CT molecular complexity index is 1430. The fraction of sp³-hybridized carbons (Fsp3) is 0.280. The second-order valence-corrected chi connectivity index (χ2v) is 9.21. The average Bonchev–Trinajstić information content (AvgIpc) is 3.34. The molecule has 1 aromatic carbocycles. The zero-order valence-electron chi connectivity index (χ0n) is 20.0. The summed E-state index contributed by atoms with van der Waals surface area (Å²) in [6.45, 7) is 2.81. The van der Waals surface area contributed by atoms with Gasteiger partial charge in [-0.2, -0.15) is 4.98 Å². The van der Waals surface area contributed by atoms with Crippen LogP contribution in [0.4, 0.5) is 23.3 Å². The van der Waals surface area contributed by atoms with E-state index >= 15 is 0 Å². The Hall–Kier alpha value is -3.96. The molecule has 1 fully saturated rings. The number of aromatic nitrogens is 2. The molecule has 0 bridgehead atoms. The first kappa shape index (κ1) is 23.8. The number of nitrogens with one attached hydrogen (secondary N) is 2. The van der Waals surface area contributed by atoms with Crippen molar-refractivity contribution in [3.8, 4) is 11.1 Å². The van der Waals surface area contributed by atoms with E-state index in [0.29, 0.717) is 54.2 Å². The summed E-state index contributed by atoms with van der Waals surface area (Å²) in [4.78, 5) is 37.0. The zero-order valence-corrected chi connectivity index (χ0v) is 20.8. The van der Waals surface area contributed by atoms with Gasteiger partial charge >= 0.3 is 0 Å². The van der Waals surface area contributed by atoms with E-state index in [4.69, 9.17) is 9.15 Å². The number of rotatable bonds is 7. The minimum absolute atomic E-state index is 0.0364. The quantitative estimate of drug-likeness (QED) is 0.390. The van der Waals surface area contributed by atoms with Gasteiger partial charge in [0.15, 0.2) is 11.5 Å². The molecule has 1 amide bonds. The molecule has 186 valence electrons. The molecule has 10 nitrogen and oxygen atoms in total. The highest BCUT2D eigenvalue weighted by atomic mass is 32.1. The maximum atomic E-state index is 12.7. The molecule has 0 atom stereocenters. The van der Waals surface area contributed by atoms with Gasteiger partial charge in [-0.15, -0.1) is 11.3 Å².